The van der Waals surface area contributed by atoms with E-state index in [0.717, 1.165) is 68.9 Å². The first-order chi connectivity index (χ1) is 34.3. The number of carboxylic acid groups (broad SMARTS) is 1. The zero-order valence-electron chi connectivity index (χ0n) is 39.9. The van der Waals surface area contributed by atoms with Crippen LogP contribution < -0.4 is 0 Å². The van der Waals surface area contributed by atoms with Crippen LogP contribution in [0, 0.1) is 13.8 Å². The van der Waals surface area contributed by atoms with Crippen LogP contribution in [0.15, 0.2) is 73.1 Å². The summed E-state index contributed by atoms with van der Waals surface area (Å²) in [4.78, 5) is 22.4. The number of hydrogen-bond donors (Lipinski definition) is 7. The number of benzene rings is 3. The van der Waals surface area contributed by atoms with Crippen LogP contribution in [0.1, 0.15) is 110 Å². The molecule has 2 fully saturated rings. The van der Waals surface area contributed by atoms with Gasteiger partial charge in [0, 0.05) is 18.6 Å². The van der Waals surface area contributed by atoms with Crippen molar-refractivity contribution in [3.8, 4) is 22.3 Å². The quantitative estimate of drug-likeness (QED) is 0.0341. The fourth-order valence-corrected chi connectivity index (χ4v) is 10.0. The first kappa shape index (κ1) is 51.8. The van der Waals surface area contributed by atoms with Crippen molar-refractivity contribution in [3.63, 3.8) is 0 Å². The minimum atomic E-state index is -1.80. The highest BCUT2D eigenvalue weighted by Crippen LogP contribution is 2.55. The molecule has 0 saturated carbocycles. The number of ether oxygens (including phenoxy) is 5. The smallest absolute Gasteiger partial charge is 0.335 e. The Morgan fingerprint density at radius 3 is 1.70 bits per heavy atom. The number of unbranched alkanes of at least 4 members (excludes halogenated alkanes) is 6. The highest BCUT2D eigenvalue weighted by Gasteiger charge is 2.49. The molecule has 2 aliphatic heterocycles. The zero-order valence-corrected chi connectivity index (χ0v) is 39.9. The molecule has 2 aromatic heterocycles. The lowest BCUT2D eigenvalue weighted by Crippen LogP contribution is -2.57. The Morgan fingerprint density at radius 2 is 1.13 bits per heavy atom. The molecule has 11 atom stereocenters. The predicted molar refractivity (Wildman–Crippen MR) is 252 cm³/mol. The van der Waals surface area contributed by atoms with E-state index in [1.807, 2.05) is 0 Å². The number of aliphatic hydroxyl groups is 6. The van der Waals surface area contributed by atoms with Gasteiger partial charge in [0.1, 0.15) is 48.0 Å². The van der Waals surface area contributed by atoms with Crippen molar-refractivity contribution in [2.45, 2.75) is 158 Å². The number of rotatable bonds is 24. The molecule has 5 aromatic rings. The Balaban J connectivity index is 0.853. The molecule has 3 aromatic carbocycles. The molecule has 7 N–H and O–H groups in total. The Bertz CT molecular complexity index is 2560. The molecule has 8 rings (SSSR count). The third kappa shape index (κ3) is 11.6. The van der Waals surface area contributed by atoms with Crippen LogP contribution in [0.3, 0.4) is 0 Å². The van der Waals surface area contributed by atoms with Crippen molar-refractivity contribution in [1.82, 2.24) is 30.0 Å². The van der Waals surface area contributed by atoms with Crippen LogP contribution in [-0.2, 0) is 51.9 Å². The second-order valence-corrected chi connectivity index (χ2v) is 18.9. The molecular weight excluding hydrogens is 921 g/mol. The van der Waals surface area contributed by atoms with E-state index in [1.54, 1.807) is 0 Å². The molecule has 0 spiro atoms. The fraction of sp³-hybridized carbons (Fsp3) is 0.529. The minimum Gasteiger partial charge on any atom is -0.479 e. The third-order valence-corrected chi connectivity index (χ3v) is 13.9. The fourth-order valence-electron chi connectivity index (χ4n) is 10.0. The van der Waals surface area contributed by atoms with Gasteiger partial charge >= 0.3 is 5.97 Å². The number of nitrogens with zero attached hydrogens (tertiary/aromatic N) is 6. The first-order valence-corrected chi connectivity index (χ1v) is 24.3. The molecule has 0 bridgehead atoms. The number of carbonyl (C=O) groups is 2. The van der Waals surface area contributed by atoms with E-state index < -0.39 is 67.4 Å². The van der Waals surface area contributed by atoms with E-state index in [2.05, 4.69) is 95.1 Å². The standard InChI is InChI=1S/C51H64N6O14/c1-30-11-14-32(15-12-30)33-16-18-37-36-17-13-31(2)23-38(36)51(39(37)24-33,19-7-3-5-9-21-67-27-34-25-56(54-52-34)47-43(62)40(59)42(61)46(70-47)49(65)66)20-8-4-6-10-22-68-28-35-26-57(55-53-35)48-44(63)41(60)45(64)50(71-48)69-29-58/h11-18,23-26,29,40-48,50,59-64H,3-10,19-22,27-28H2,1-2H3,(H,65,66). The van der Waals surface area contributed by atoms with Crippen LogP contribution in [-0.4, -0.2) is 140 Å². The highest BCUT2D eigenvalue weighted by molar-refractivity contribution is 5.84. The van der Waals surface area contributed by atoms with Crippen LogP contribution in [0.4, 0.5) is 0 Å². The van der Waals surface area contributed by atoms with Crippen molar-refractivity contribution >= 4 is 12.4 Å². The number of aromatic nitrogens is 6. The van der Waals surface area contributed by atoms with E-state index in [1.165, 1.54) is 61.6 Å². The lowest BCUT2D eigenvalue weighted by molar-refractivity contribution is -0.304. The van der Waals surface area contributed by atoms with E-state index in [0.29, 0.717) is 24.6 Å². The van der Waals surface area contributed by atoms with E-state index in [4.69, 9.17) is 23.7 Å². The number of hydrogen-bond acceptors (Lipinski definition) is 17. The van der Waals surface area contributed by atoms with E-state index in [9.17, 15) is 45.3 Å². The summed E-state index contributed by atoms with van der Waals surface area (Å²) in [5.41, 5.74) is 10.9. The van der Waals surface area contributed by atoms with Crippen LogP contribution in [0.2, 0.25) is 0 Å². The second-order valence-electron chi connectivity index (χ2n) is 18.9. The second kappa shape index (κ2) is 23.4. The van der Waals surface area contributed by atoms with Gasteiger partial charge in [0.2, 0.25) is 6.29 Å². The monoisotopic (exact) mass is 984 g/mol. The zero-order chi connectivity index (χ0) is 50.2. The Morgan fingerprint density at radius 1 is 0.620 bits per heavy atom. The Kier molecular flexibility index (Phi) is 17.0. The first-order valence-electron chi connectivity index (χ1n) is 24.3. The van der Waals surface area contributed by atoms with Gasteiger partial charge in [-0.1, -0.05) is 115 Å². The topological polar surface area (TPSA) is 283 Å². The van der Waals surface area contributed by atoms with Gasteiger partial charge in [-0.25, -0.2) is 14.2 Å². The van der Waals surface area contributed by atoms with Crippen LogP contribution in [0.25, 0.3) is 22.3 Å². The van der Waals surface area contributed by atoms with Gasteiger partial charge in [-0.15, -0.1) is 10.2 Å². The van der Waals surface area contributed by atoms with Crippen molar-refractivity contribution in [3.05, 3.63) is 107 Å². The summed E-state index contributed by atoms with van der Waals surface area (Å²) in [5.74, 6) is -1.48. The predicted octanol–water partition coefficient (Wildman–Crippen LogP) is 3.93. The number of aliphatic hydroxyl groups excluding tert-OH is 6. The van der Waals surface area contributed by atoms with E-state index >= 15 is 0 Å². The molecule has 2 saturated heterocycles. The molecule has 0 amide bonds. The van der Waals surface area contributed by atoms with Gasteiger partial charge in [0.15, 0.2) is 18.6 Å². The summed E-state index contributed by atoms with van der Waals surface area (Å²) in [6.45, 7) is 5.63. The molecule has 11 unspecified atom stereocenters. The largest absolute Gasteiger partial charge is 0.479 e. The SMILES string of the molecule is Cc1ccc(-c2ccc3c(c2)C(CCCCCCOCc2cn(C4OC(OC=O)C(O)C(O)C4O)nn2)(CCCCCCOCc2cn(C4OC(C(=O)O)C(O)C(O)C4O)nn2)c2cc(C)ccc2-3)cc1. The van der Waals surface area contributed by atoms with Crippen molar-refractivity contribution < 1.29 is 69.0 Å². The van der Waals surface area contributed by atoms with E-state index in [-0.39, 0.29) is 25.1 Å². The summed E-state index contributed by atoms with van der Waals surface area (Å²) in [7, 11) is 0. The van der Waals surface area contributed by atoms with Crippen molar-refractivity contribution in [2.75, 3.05) is 13.2 Å². The third-order valence-electron chi connectivity index (χ3n) is 13.9. The van der Waals surface area contributed by atoms with Crippen LogP contribution >= 0.6 is 0 Å². The van der Waals surface area contributed by atoms with Gasteiger partial charge in [0.05, 0.1) is 25.6 Å². The highest BCUT2D eigenvalue weighted by atomic mass is 16.7. The normalized spacial score (nSPS) is 27.0. The van der Waals surface area contributed by atoms with Gasteiger partial charge in [-0.05, 0) is 79.0 Å². The lowest BCUT2D eigenvalue weighted by atomic mass is 9.70. The maximum atomic E-state index is 11.5. The average Bonchev–Trinajstić information content (AvgIpc) is 4.10. The van der Waals surface area contributed by atoms with Crippen molar-refractivity contribution in [1.29, 1.82) is 0 Å². The molecule has 0 radical (unpaired) electrons. The molecule has 71 heavy (non-hydrogen) atoms. The molecular formula is C51H64N6O14. The summed E-state index contributed by atoms with van der Waals surface area (Å²) in [5, 5.41) is 87.0. The molecule has 382 valence electrons. The van der Waals surface area contributed by atoms with Gasteiger partial charge in [0.25, 0.3) is 6.47 Å². The molecule has 1 aliphatic carbocycles. The lowest BCUT2D eigenvalue weighted by Gasteiger charge is -2.38. The van der Waals surface area contributed by atoms with Gasteiger partial charge in [-0.3, -0.25) is 4.79 Å². The number of fused-ring (bicyclic) bond motifs is 3. The minimum absolute atomic E-state index is 0.0888. The molecule has 20 nitrogen and oxygen atoms in total. The summed E-state index contributed by atoms with van der Waals surface area (Å²) in [6, 6.07) is 22.5. The summed E-state index contributed by atoms with van der Waals surface area (Å²) >= 11 is 0. The average molecular weight is 985 g/mol. The Labute approximate surface area is 410 Å². The van der Waals surface area contributed by atoms with Crippen molar-refractivity contribution in [2.24, 2.45) is 0 Å². The maximum absolute atomic E-state index is 11.5. The van der Waals surface area contributed by atoms with Gasteiger partial charge < -0.3 is 59.4 Å². The number of carboxylic acids is 1. The maximum Gasteiger partial charge on any atom is 0.335 e. The molecule has 3 aliphatic rings. The van der Waals surface area contributed by atoms with Gasteiger partial charge in [-0.2, -0.15) is 0 Å². The molecule has 20 heteroatoms. The van der Waals surface area contributed by atoms with Crippen LogP contribution in [0.5, 0.6) is 0 Å². The summed E-state index contributed by atoms with van der Waals surface area (Å²) < 4.78 is 29.7. The summed E-state index contributed by atoms with van der Waals surface area (Å²) in [6.07, 6.45) is -3.26. The Hall–Kier alpha value is -5.52. The number of aryl methyl sites for hydroxylation is 2. The number of aliphatic carboxylic acids is 1. The number of carbonyl (C=O) groups excluding carboxylic acids is 1. The molecule has 4 heterocycles.